The molecule has 0 bridgehead atoms. The van der Waals surface area contributed by atoms with E-state index in [9.17, 15) is 4.79 Å². The fourth-order valence-corrected chi connectivity index (χ4v) is 3.53. The number of anilines is 2. The minimum Gasteiger partial charge on any atom is -0.371 e. The van der Waals surface area contributed by atoms with Crippen LogP contribution in [-0.4, -0.2) is 19.0 Å². The number of rotatable bonds is 4. The van der Waals surface area contributed by atoms with Crippen LogP contribution in [0, 0.1) is 6.92 Å². The van der Waals surface area contributed by atoms with Gasteiger partial charge in [-0.3, -0.25) is 4.79 Å². The number of aryl methyl sites for hydroxylation is 1. The molecule has 0 radical (unpaired) electrons. The number of thiophene rings is 1. The molecule has 2 aromatic rings. The number of carbonyl (C=O) groups excluding carboxylic acids is 1. The van der Waals surface area contributed by atoms with Gasteiger partial charge in [0.05, 0.1) is 6.42 Å². The molecule has 1 saturated heterocycles. The summed E-state index contributed by atoms with van der Waals surface area (Å²) in [6.07, 6.45) is 3.00. The Labute approximate surface area is 129 Å². The van der Waals surface area contributed by atoms with Crippen LogP contribution in [0.15, 0.2) is 35.7 Å². The Bertz CT molecular complexity index is 616. The van der Waals surface area contributed by atoms with Gasteiger partial charge in [0.15, 0.2) is 0 Å². The van der Waals surface area contributed by atoms with Gasteiger partial charge in [0.1, 0.15) is 0 Å². The summed E-state index contributed by atoms with van der Waals surface area (Å²) < 4.78 is 0. The van der Waals surface area contributed by atoms with Crippen LogP contribution in [0.3, 0.4) is 0 Å². The Balaban J connectivity index is 1.66. The molecule has 1 amide bonds. The molecule has 0 spiro atoms. The molecule has 2 heterocycles. The average molecular weight is 300 g/mol. The van der Waals surface area contributed by atoms with Crippen molar-refractivity contribution in [2.75, 3.05) is 23.3 Å². The summed E-state index contributed by atoms with van der Waals surface area (Å²) in [5.41, 5.74) is 3.41. The first-order valence-electron chi connectivity index (χ1n) is 7.40. The highest BCUT2D eigenvalue weighted by Gasteiger charge is 2.14. The summed E-state index contributed by atoms with van der Waals surface area (Å²) in [6, 6.07) is 10.2. The van der Waals surface area contributed by atoms with E-state index < -0.39 is 0 Å². The summed E-state index contributed by atoms with van der Waals surface area (Å²) in [4.78, 5) is 15.5. The van der Waals surface area contributed by atoms with Gasteiger partial charge in [0.25, 0.3) is 0 Å². The van der Waals surface area contributed by atoms with Crippen molar-refractivity contribution in [2.24, 2.45) is 0 Å². The zero-order valence-electron chi connectivity index (χ0n) is 12.3. The Morgan fingerprint density at radius 2 is 2.10 bits per heavy atom. The van der Waals surface area contributed by atoms with Crippen LogP contribution in [-0.2, 0) is 11.2 Å². The molecule has 1 aliphatic heterocycles. The molecule has 3 nitrogen and oxygen atoms in total. The van der Waals surface area contributed by atoms with Crippen molar-refractivity contribution in [2.45, 2.75) is 26.2 Å². The van der Waals surface area contributed by atoms with E-state index in [-0.39, 0.29) is 5.91 Å². The molecule has 1 aromatic heterocycles. The molecule has 1 N–H and O–H groups in total. The smallest absolute Gasteiger partial charge is 0.229 e. The van der Waals surface area contributed by atoms with Crippen LogP contribution in [0.1, 0.15) is 23.3 Å². The molecule has 1 aromatic carbocycles. The second-order valence-corrected chi connectivity index (χ2v) is 6.53. The number of amides is 1. The second-order valence-electron chi connectivity index (χ2n) is 5.50. The molecule has 1 aliphatic rings. The van der Waals surface area contributed by atoms with Crippen LogP contribution in [0.2, 0.25) is 0 Å². The van der Waals surface area contributed by atoms with Gasteiger partial charge in [0, 0.05) is 29.3 Å². The zero-order valence-corrected chi connectivity index (χ0v) is 13.1. The van der Waals surface area contributed by atoms with Crippen LogP contribution in [0.25, 0.3) is 0 Å². The molecule has 0 aliphatic carbocycles. The van der Waals surface area contributed by atoms with Gasteiger partial charge in [0.2, 0.25) is 5.91 Å². The lowest BCUT2D eigenvalue weighted by Crippen LogP contribution is -2.19. The molecule has 0 unspecified atom stereocenters. The van der Waals surface area contributed by atoms with Gasteiger partial charge in [-0.15, -0.1) is 11.3 Å². The molecule has 110 valence electrons. The summed E-state index contributed by atoms with van der Waals surface area (Å²) >= 11 is 1.62. The number of nitrogens with zero attached hydrogens (tertiary/aromatic N) is 1. The fourth-order valence-electron chi connectivity index (χ4n) is 2.82. The summed E-state index contributed by atoms with van der Waals surface area (Å²) in [6.45, 7) is 4.40. The van der Waals surface area contributed by atoms with E-state index in [1.54, 1.807) is 11.3 Å². The highest BCUT2D eigenvalue weighted by atomic mass is 32.1. The van der Waals surface area contributed by atoms with Crippen LogP contribution >= 0.6 is 11.3 Å². The van der Waals surface area contributed by atoms with Gasteiger partial charge in [-0.25, -0.2) is 0 Å². The molecular formula is C17H20N2OS. The molecule has 0 atom stereocenters. The van der Waals surface area contributed by atoms with Gasteiger partial charge in [-0.2, -0.15) is 0 Å². The number of carbonyl (C=O) groups is 1. The number of benzene rings is 1. The van der Waals surface area contributed by atoms with E-state index in [1.807, 2.05) is 23.6 Å². The number of nitrogens with one attached hydrogen (secondary N) is 1. The molecule has 21 heavy (non-hydrogen) atoms. The van der Waals surface area contributed by atoms with Crippen LogP contribution in [0.4, 0.5) is 11.4 Å². The molecule has 3 rings (SSSR count). The Kier molecular flexibility index (Phi) is 4.25. The topological polar surface area (TPSA) is 32.3 Å². The van der Waals surface area contributed by atoms with Gasteiger partial charge >= 0.3 is 0 Å². The lowest BCUT2D eigenvalue weighted by Gasteiger charge is -2.20. The summed E-state index contributed by atoms with van der Waals surface area (Å²) in [5, 5.41) is 4.99. The van der Waals surface area contributed by atoms with Gasteiger partial charge in [-0.05, 0) is 55.0 Å². The van der Waals surface area contributed by atoms with Crippen molar-refractivity contribution in [1.82, 2.24) is 0 Å². The van der Waals surface area contributed by atoms with E-state index in [2.05, 4.69) is 29.3 Å². The van der Waals surface area contributed by atoms with E-state index in [0.717, 1.165) is 23.7 Å². The maximum atomic E-state index is 12.0. The van der Waals surface area contributed by atoms with E-state index in [4.69, 9.17) is 0 Å². The lowest BCUT2D eigenvalue weighted by molar-refractivity contribution is -0.115. The van der Waals surface area contributed by atoms with E-state index in [1.165, 1.54) is 24.1 Å². The predicted octanol–water partition coefficient (Wildman–Crippen LogP) is 3.84. The third kappa shape index (κ3) is 3.45. The quantitative estimate of drug-likeness (QED) is 0.930. The molecule has 4 heteroatoms. The van der Waals surface area contributed by atoms with Crippen LogP contribution < -0.4 is 10.2 Å². The molecule has 1 fully saturated rings. The number of hydrogen-bond acceptors (Lipinski definition) is 3. The van der Waals surface area contributed by atoms with Crippen molar-refractivity contribution >= 4 is 28.6 Å². The SMILES string of the molecule is Cc1cc(NC(=O)Cc2cccs2)ccc1N1CCCC1. The Morgan fingerprint density at radius 1 is 1.29 bits per heavy atom. The van der Waals surface area contributed by atoms with Gasteiger partial charge in [-0.1, -0.05) is 6.07 Å². The first-order valence-corrected chi connectivity index (χ1v) is 8.28. The summed E-state index contributed by atoms with van der Waals surface area (Å²) in [5.74, 6) is 0.0470. The third-order valence-corrected chi connectivity index (χ3v) is 4.72. The molecule has 0 saturated carbocycles. The van der Waals surface area contributed by atoms with E-state index >= 15 is 0 Å². The first-order chi connectivity index (χ1) is 10.2. The van der Waals surface area contributed by atoms with Crippen molar-refractivity contribution in [3.63, 3.8) is 0 Å². The van der Waals surface area contributed by atoms with Crippen LogP contribution in [0.5, 0.6) is 0 Å². The highest BCUT2D eigenvalue weighted by molar-refractivity contribution is 7.10. The highest BCUT2D eigenvalue weighted by Crippen LogP contribution is 2.26. The van der Waals surface area contributed by atoms with Crippen molar-refractivity contribution in [3.05, 3.63) is 46.2 Å². The third-order valence-electron chi connectivity index (χ3n) is 3.84. The maximum absolute atomic E-state index is 12.0. The lowest BCUT2D eigenvalue weighted by atomic mass is 10.1. The van der Waals surface area contributed by atoms with Crippen molar-refractivity contribution in [3.8, 4) is 0 Å². The normalized spacial score (nSPS) is 14.4. The predicted molar refractivity (Wildman–Crippen MR) is 89.3 cm³/mol. The number of hydrogen-bond donors (Lipinski definition) is 1. The van der Waals surface area contributed by atoms with Gasteiger partial charge < -0.3 is 10.2 Å². The Hall–Kier alpha value is -1.81. The average Bonchev–Trinajstić information content (AvgIpc) is 3.11. The largest absolute Gasteiger partial charge is 0.371 e. The second kappa shape index (κ2) is 6.31. The first kappa shape index (κ1) is 14.1. The van der Waals surface area contributed by atoms with E-state index in [0.29, 0.717) is 6.42 Å². The minimum absolute atomic E-state index is 0.0470. The minimum atomic E-state index is 0.0470. The monoisotopic (exact) mass is 300 g/mol. The zero-order chi connectivity index (χ0) is 14.7. The molecular weight excluding hydrogens is 280 g/mol. The summed E-state index contributed by atoms with van der Waals surface area (Å²) in [7, 11) is 0. The van der Waals surface area contributed by atoms with Crippen molar-refractivity contribution in [1.29, 1.82) is 0 Å². The maximum Gasteiger partial charge on any atom is 0.229 e. The van der Waals surface area contributed by atoms with Crippen molar-refractivity contribution < 1.29 is 4.79 Å². The Morgan fingerprint density at radius 3 is 2.76 bits per heavy atom. The standard InChI is InChI=1S/C17H20N2OS/c1-13-11-14(6-7-16(13)19-8-2-3-9-19)18-17(20)12-15-5-4-10-21-15/h4-7,10-11H,2-3,8-9,12H2,1H3,(H,18,20). The fraction of sp³-hybridized carbons (Fsp3) is 0.353.